The van der Waals surface area contributed by atoms with Crippen molar-refractivity contribution in [1.82, 2.24) is 14.9 Å². The molecule has 0 saturated carbocycles. The molecular formula is C17H23N3OS. The van der Waals surface area contributed by atoms with E-state index in [1.807, 2.05) is 11.3 Å². The molecule has 5 heteroatoms. The van der Waals surface area contributed by atoms with Gasteiger partial charge in [-0.15, -0.1) is 11.3 Å². The van der Waals surface area contributed by atoms with Gasteiger partial charge in [0.25, 0.3) is 5.56 Å². The minimum Gasteiger partial charge on any atom is -0.310 e. The van der Waals surface area contributed by atoms with E-state index in [0.717, 1.165) is 43.0 Å². The van der Waals surface area contributed by atoms with Crippen molar-refractivity contribution in [1.29, 1.82) is 0 Å². The average molecular weight is 317 g/mol. The van der Waals surface area contributed by atoms with Crippen LogP contribution < -0.4 is 5.56 Å². The standard InChI is InChI=1S/C17H23N3OS/c1-4-12-5-6-13(22-12)9-20-8-7-15-14(10-20)17(21)19-16(18-15)11(2)3/h5-6,11H,4,7-10H2,1-3H3,(H,18,19,21). The second-order valence-electron chi connectivity index (χ2n) is 6.21. The first-order valence-electron chi connectivity index (χ1n) is 7.98. The Morgan fingerprint density at radius 2 is 2.14 bits per heavy atom. The third-order valence-corrected chi connectivity index (χ3v) is 5.37. The van der Waals surface area contributed by atoms with Crippen LogP contribution in [0.3, 0.4) is 0 Å². The van der Waals surface area contributed by atoms with Gasteiger partial charge < -0.3 is 4.98 Å². The highest BCUT2D eigenvalue weighted by Gasteiger charge is 2.22. The molecule has 1 aliphatic rings. The first-order valence-corrected chi connectivity index (χ1v) is 8.80. The maximum absolute atomic E-state index is 12.3. The number of aromatic nitrogens is 2. The molecule has 0 saturated heterocycles. The van der Waals surface area contributed by atoms with E-state index in [1.165, 1.54) is 9.75 Å². The van der Waals surface area contributed by atoms with Gasteiger partial charge in [-0.2, -0.15) is 0 Å². The Hall–Kier alpha value is -1.46. The number of nitrogens with zero attached hydrogens (tertiary/aromatic N) is 2. The molecule has 4 nitrogen and oxygen atoms in total. The van der Waals surface area contributed by atoms with Crippen LogP contribution in [0.5, 0.6) is 0 Å². The largest absolute Gasteiger partial charge is 0.310 e. The quantitative estimate of drug-likeness (QED) is 0.943. The highest BCUT2D eigenvalue weighted by molar-refractivity contribution is 7.11. The molecule has 0 aromatic carbocycles. The van der Waals surface area contributed by atoms with Crippen LogP contribution in [0.4, 0.5) is 0 Å². The fraction of sp³-hybridized carbons (Fsp3) is 0.529. The molecule has 0 radical (unpaired) electrons. The molecule has 0 spiro atoms. The Morgan fingerprint density at radius 3 is 2.82 bits per heavy atom. The van der Waals surface area contributed by atoms with E-state index in [9.17, 15) is 4.79 Å². The van der Waals surface area contributed by atoms with Gasteiger partial charge in [0.15, 0.2) is 0 Å². The zero-order chi connectivity index (χ0) is 15.7. The smallest absolute Gasteiger partial charge is 0.255 e. The van der Waals surface area contributed by atoms with E-state index in [2.05, 4.69) is 47.8 Å². The topological polar surface area (TPSA) is 49.0 Å². The molecule has 2 aromatic heterocycles. The summed E-state index contributed by atoms with van der Waals surface area (Å²) in [5, 5.41) is 0. The maximum Gasteiger partial charge on any atom is 0.255 e. The SMILES string of the molecule is CCc1ccc(CN2CCc3nc(C(C)C)[nH]c(=O)c3C2)s1. The summed E-state index contributed by atoms with van der Waals surface area (Å²) in [6.45, 7) is 8.90. The van der Waals surface area contributed by atoms with E-state index in [-0.39, 0.29) is 11.5 Å². The normalized spacial score (nSPS) is 15.3. The van der Waals surface area contributed by atoms with Gasteiger partial charge in [0, 0.05) is 41.7 Å². The van der Waals surface area contributed by atoms with Crippen LogP contribution in [0.15, 0.2) is 16.9 Å². The fourth-order valence-corrected chi connectivity index (χ4v) is 3.83. The lowest BCUT2D eigenvalue weighted by molar-refractivity contribution is 0.243. The van der Waals surface area contributed by atoms with Gasteiger partial charge in [0.05, 0.1) is 11.3 Å². The van der Waals surface area contributed by atoms with Crippen molar-refractivity contribution in [3.05, 3.63) is 49.3 Å². The van der Waals surface area contributed by atoms with Crippen LogP contribution in [-0.2, 0) is 25.9 Å². The molecular weight excluding hydrogens is 294 g/mol. The summed E-state index contributed by atoms with van der Waals surface area (Å²) in [6.07, 6.45) is 1.96. The second kappa shape index (κ2) is 6.34. The Bertz CT molecular complexity index is 717. The van der Waals surface area contributed by atoms with Gasteiger partial charge in [-0.1, -0.05) is 20.8 Å². The minimum absolute atomic E-state index is 0.0406. The summed E-state index contributed by atoms with van der Waals surface area (Å²) in [7, 11) is 0. The Labute approximate surface area is 135 Å². The van der Waals surface area contributed by atoms with Gasteiger partial charge in [0.2, 0.25) is 0 Å². The van der Waals surface area contributed by atoms with Crippen molar-refractivity contribution in [2.24, 2.45) is 0 Å². The second-order valence-corrected chi connectivity index (χ2v) is 7.47. The number of H-pyrrole nitrogens is 1. The lowest BCUT2D eigenvalue weighted by Crippen LogP contribution is -2.35. The van der Waals surface area contributed by atoms with Crippen molar-refractivity contribution < 1.29 is 0 Å². The van der Waals surface area contributed by atoms with Crippen molar-refractivity contribution >= 4 is 11.3 Å². The summed E-state index contributed by atoms with van der Waals surface area (Å²) in [6, 6.07) is 4.42. The van der Waals surface area contributed by atoms with Gasteiger partial charge in [0.1, 0.15) is 5.82 Å². The molecule has 0 bridgehead atoms. The average Bonchev–Trinajstić information content (AvgIpc) is 2.95. The number of aromatic amines is 1. The molecule has 1 N–H and O–H groups in total. The molecule has 3 heterocycles. The Morgan fingerprint density at radius 1 is 1.36 bits per heavy atom. The first kappa shape index (κ1) is 15.4. The number of thiophene rings is 1. The van der Waals surface area contributed by atoms with Gasteiger partial charge in [-0.25, -0.2) is 4.98 Å². The Balaban J connectivity index is 1.77. The van der Waals surface area contributed by atoms with Crippen LogP contribution in [0.2, 0.25) is 0 Å². The predicted octanol–water partition coefficient (Wildman–Crippen LogP) is 3.08. The number of nitrogens with one attached hydrogen (secondary N) is 1. The number of hydrogen-bond donors (Lipinski definition) is 1. The van der Waals surface area contributed by atoms with E-state index >= 15 is 0 Å². The van der Waals surface area contributed by atoms with Gasteiger partial charge in [-0.05, 0) is 18.6 Å². The van der Waals surface area contributed by atoms with Crippen molar-refractivity contribution in [3.63, 3.8) is 0 Å². The predicted molar refractivity (Wildman–Crippen MR) is 90.5 cm³/mol. The number of hydrogen-bond acceptors (Lipinski definition) is 4. The van der Waals surface area contributed by atoms with Crippen molar-refractivity contribution in [2.45, 2.75) is 52.6 Å². The monoisotopic (exact) mass is 317 g/mol. The van der Waals surface area contributed by atoms with Crippen LogP contribution in [0.25, 0.3) is 0 Å². The number of aryl methyl sites for hydroxylation is 1. The molecule has 22 heavy (non-hydrogen) atoms. The summed E-state index contributed by atoms with van der Waals surface area (Å²) in [5.41, 5.74) is 1.88. The number of rotatable bonds is 4. The van der Waals surface area contributed by atoms with Crippen LogP contribution in [0.1, 0.15) is 53.5 Å². The molecule has 118 valence electrons. The highest BCUT2D eigenvalue weighted by Crippen LogP contribution is 2.22. The maximum atomic E-state index is 12.3. The highest BCUT2D eigenvalue weighted by atomic mass is 32.1. The van der Waals surface area contributed by atoms with Gasteiger partial charge >= 0.3 is 0 Å². The van der Waals surface area contributed by atoms with Crippen molar-refractivity contribution in [3.8, 4) is 0 Å². The van der Waals surface area contributed by atoms with E-state index in [4.69, 9.17) is 0 Å². The number of fused-ring (bicyclic) bond motifs is 1. The third-order valence-electron chi connectivity index (χ3n) is 4.16. The van der Waals surface area contributed by atoms with Crippen LogP contribution in [0, 0.1) is 0 Å². The summed E-state index contributed by atoms with van der Waals surface area (Å²) < 4.78 is 0. The molecule has 1 aliphatic heterocycles. The minimum atomic E-state index is 0.0406. The zero-order valence-electron chi connectivity index (χ0n) is 13.5. The molecule has 2 aromatic rings. The molecule has 0 fully saturated rings. The summed E-state index contributed by atoms with van der Waals surface area (Å²) in [4.78, 5) is 25.1. The Kier molecular flexibility index (Phi) is 4.45. The van der Waals surface area contributed by atoms with Crippen molar-refractivity contribution in [2.75, 3.05) is 6.54 Å². The van der Waals surface area contributed by atoms with Crippen LogP contribution in [-0.4, -0.2) is 21.4 Å². The molecule has 3 rings (SSSR count). The summed E-state index contributed by atoms with van der Waals surface area (Å²) >= 11 is 1.88. The van der Waals surface area contributed by atoms with Crippen LogP contribution >= 0.6 is 11.3 Å². The molecule has 0 atom stereocenters. The zero-order valence-corrected chi connectivity index (χ0v) is 14.3. The molecule has 0 unspecified atom stereocenters. The molecule has 0 aliphatic carbocycles. The van der Waals surface area contributed by atoms with E-state index < -0.39 is 0 Å². The van der Waals surface area contributed by atoms with E-state index in [1.54, 1.807) is 0 Å². The molecule has 0 amide bonds. The van der Waals surface area contributed by atoms with Gasteiger partial charge in [-0.3, -0.25) is 9.69 Å². The summed E-state index contributed by atoms with van der Waals surface area (Å²) in [5.74, 6) is 1.07. The van der Waals surface area contributed by atoms with E-state index in [0.29, 0.717) is 6.54 Å². The fourth-order valence-electron chi connectivity index (χ4n) is 2.83. The lowest BCUT2D eigenvalue weighted by Gasteiger charge is -2.27. The first-order chi connectivity index (χ1) is 10.6. The lowest BCUT2D eigenvalue weighted by atomic mass is 10.1. The third kappa shape index (κ3) is 3.15.